The van der Waals surface area contributed by atoms with Crippen LogP contribution in [-0.4, -0.2) is 55.9 Å². The van der Waals surface area contributed by atoms with Crippen LogP contribution in [0.25, 0.3) is 0 Å². The number of nitrogens with zero attached hydrogens (tertiary/aromatic N) is 3. The Labute approximate surface area is 250 Å². The van der Waals surface area contributed by atoms with Crippen molar-refractivity contribution in [3.63, 3.8) is 0 Å². The van der Waals surface area contributed by atoms with Gasteiger partial charge in [0, 0.05) is 25.0 Å². The summed E-state index contributed by atoms with van der Waals surface area (Å²) < 4.78 is 11.0. The van der Waals surface area contributed by atoms with Gasteiger partial charge in [0.05, 0.1) is 13.2 Å². The molecule has 3 atom stereocenters. The quantitative estimate of drug-likeness (QED) is 0.110. The molecule has 10 nitrogen and oxygen atoms in total. The van der Waals surface area contributed by atoms with Gasteiger partial charge in [-0.05, 0) is 75.0 Å². The molecule has 0 fully saturated rings. The van der Waals surface area contributed by atoms with Crippen LogP contribution < -0.4 is 14.8 Å². The minimum atomic E-state index is -0.880. The van der Waals surface area contributed by atoms with Gasteiger partial charge in [-0.1, -0.05) is 56.9 Å². The Balaban J connectivity index is 2.07. The number of rotatable bonds is 21. The van der Waals surface area contributed by atoms with Crippen LogP contribution in [0.2, 0.25) is 0 Å². The highest BCUT2D eigenvalue weighted by molar-refractivity contribution is 5.77. The van der Waals surface area contributed by atoms with Crippen molar-refractivity contribution in [1.29, 1.82) is 5.26 Å². The smallest absolute Gasteiger partial charge is 0.294 e. The molecule has 2 aromatic rings. The lowest BCUT2D eigenvalue weighted by Crippen LogP contribution is -2.36. The second kappa shape index (κ2) is 19.3. The summed E-state index contributed by atoms with van der Waals surface area (Å²) in [6, 6.07) is 18.4. The molecular formula is C32H46N4O6. The van der Waals surface area contributed by atoms with E-state index in [1.807, 2.05) is 24.3 Å². The van der Waals surface area contributed by atoms with E-state index in [0.717, 1.165) is 56.4 Å². The van der Waals surface area contributed by atoms with Gasteiger partial charge in [0.1, 0.15) is 17.6 Å². The third-order valence-corrected chi connectivity index (χ3v) is 7.29. The number of methoxy groups -OCH3 is 1. The summed E-state index contributed by atoms with van der Waals surface area (Å²) in [6.45, 7) is 4.29. The molecule has 2 rings (SSSR count). The van der Waals surface area contributed by atoms with Crippen molar-refractivity contribution in [3.8, 4) is 17.6 Å². The molecule has 0 bridgehead atoms. The molecule has 0 saturated heterocycles. The zero-order valence-electron chi connectivity index (χ0n) is 25.4. The zero-order chi connectivity index (χ0) is 30.7. The lowest BCUT2D eigenvalue weighted by molar-refractivity contribution is -0.767. The topological polar surface area (TPSA) is 127 Å². The first-order valence-electron chi connectivity index (χ1n) is 14.8. The maximum Gasteiger partial charge on any atom is 0.294 e. The van der Waals surface area contributed by atoms with Crippen molar-refractivity contribution in [2.45, 2.75) is 77.4 Å². The van der Waals surface area contributed by atoms with Crippen LogP contribution in [0, 0.1) is 27.4 Å². The molecule has 0 spiro atoms. The molecular weight excluding hydrogens is 536 g/mol. The minimum absolute atomic E-state index is 0.00276. The minimum Gasteiger partial charge on any atom is -0.497 e. The van der Waals surface area contributed by atoms with E-state index in [4.69, 9.17) is 9.47 Å². The second-order valence-corrected chi connectivity index (χ2v) is 10.7. The van der Waals surface area contributed by atoms with E-state index in [1.165, 1.54) is 25.3 Å². The van der Waals surface area contributed by atoms with Crippen molar-refractivity contribution >= 4 is 5.91 Å². The van der Waals surface area contributed by atoms with Gasteiger partial charge in [0.2, 0.25) is 0 Å². The standard InChI is InChI=1S/C32H46N4O6/c1-5-6-7-8-10-27(22-33)15-18-31(35(3)20-19-26-13-16-29(40-4)17-14-26)28-11-9-12-30(21-28)41-24-32(37)34-23-25(2)42-36(38)39/h9,11-14,16-17,21,25,27,31H,5-8,10,15,18-20,23-24H2,1-4H3,(H,34,37). The van der Waals surface area contributed by atoms with Crippen LogP contribution in [0.3, 0.4) is 0 Å². The average Bonchev–Trinajstić information content (AvgIpc) is 2.99. The van der Waals surface area contributed by atoms with Crippen LogP contribution in [0.5, 0.6) is 11.5 Å². The summed E-state index contributed by atoms with van der Waals surface area (Å²) in [6.07, 6.45) is 7.26. The molecule has 0 aliphatic rings. The van der Waals surface area contributed by atoms with E-state index in [0.29, 0.717) is 5.75 Å². The number of nitriles is 1. The van der Waals surface area contributed by atoms with E-state index >= 15 is 0 Å². The number of nitrogens with one attached hydrogen (secondary N) is 1. The third-order valence-electron chi connectivity index (χ3n) is 7.29. The Morgan fingerprint density at radius 1 is 1.10 bits per heavy atom. The van der Waals surface area contributed by atoms with Crippen molar-refractivity contribution in [1.82, 2.24) is 10.2 Å². The molecule has 10 heteroatoms. The number of hydrogen-bond donors (Lipinski definition) is 1. The van der Waals surface area contributed by atoms with Crippen molar-refractivity contribution in [2.75, 3.05) is 33.9 Å². The van der Waals surface area contributed by atoms with E-state index in [1.54, 1.807) is 13.2 Å². The Bertz CT molecular complexity index is 1120. The number of hydrogen-bond acceptors (Lipinski definition) is 8. The fraction of sp³-hybridized carbons (Fsp3) is 0.562. The number of unbranched alkanes of at least 4 members (excludes halogenated alkanes) is 3. The maximum absolute atomic E-state index is 12.2. The van der Waals surface area contributed by atoms with Crippen molar-refractivity contribution in [2.24, 2.45) is 5.92 Å². The van der Waals surface area contributed by atoms with Crippen LogP contribution in [-0.2, 0) is 16.1 Å². The summed E-state index contributed by atoms with van der Waals surface area (Å²) in [5, 5.41) is 21.9. The largest absolute Gasteiger partial charge is 0.497 e. The fourth-order valence-electron chi connectivity index (χ4n) is 4.80. The predicted octanol–water partition coefficient (Wildman–Crippen LogP) is 5.89. The van der Waals surface area contributed by atoms with E-state index < -0.39 is 17.1 Å². The Hall–Kier alpha value is -3.84. The summed E-state index contributed by atoms with van der Waals surface area (Å²) in [4.78, 5) is 29.4. The van der Waals surface area contributed by atoms with Crippen molar-refractivity contribution in [3.05, 3.63) is 69.8 Å². The number of ether oxygens (including phenoxy) is 2. The van der Waals surface area contributed by atoms with Crippen LogP contribution in [0.15, 0.2) is 48.5 Å². The highest BCUT2D eigenvalue weighted by Gasteiger charge is 2.20. The molecule has 1 N–H and O–H groups in total. The van der Waals surface area contributed by atoms with Crippen LogP contribution in [0.4, 0.5) is 0 Å². The molecule has 3 unspecified atom stereocenters. The second-order valence-electron chi connectivity index (χ2n) is 10.7. The maximum atomic E-state index is 12.2. The van der Waals surface area contributed by atoms with E-state index in [-0.39, 0.29) is 25.1 Å². The number of likely N-dealkylation sites (N-methyl/N-ethyl adjacent to an activating group) is 1. The van der Waals surface area contributed by atoms with Gasteiger partial charge in [-0.2, -0.15) is 5.26 Å². The lowest BCUT2D eigenvalue weighted by atomic mass is 9.92. The molecule has 0 aromatic heterocycles. The number of benzene rings is 2. The highest BCUT2D eigenvalue weighted by atomic mass is 17.0. The Morgan fingerprint density at radius 3 is 2.52 bits per heavy atom. The molecule has 1 amide bonds. The zero-order valence-corrected chi connectivity index (χ0v) is 25.4. The molecule has 2 aromatic carbocycles. The SMILES string of the molecule is CCCCCCC(C#N)CCC(c1cccc(OCC(=O)NCC(C)O[N+](=O)[O-])c1)N(C)CCc1ccc(OC)cc1. The molecule has 230 valence electrons. The first kappa shape index (κ1) is 34.4. The van der Waals surface area contributed by atoms with E-state index in [2.05, 4.69) is 53.3 Å². The summed E-state index contributed by atoms with van der Waals surface area (Å²) in [7, 11) is 3.76. The van der Waals surface area contributed by atoms with Gasteiger partial charge in [-0.3, -0.25) is 9.69 Å². The summed E-state index contributed by atoms with van der Waals surface area (Å²) >= 11 is 0. The van der Waals surface area contributed by atoms with Gasteiger partial charge >= 0.3 is 0 Å². The average molecular weight is 583 g/mol. The predicted molar refractivity (Wildman–Crippen MR) is 162 cm³/mol. The first-order chi connectivity index (χ1) is 20.2. The number of carbonyl (C=O) groups excluding carboxylic acids is 1. The molecule has 0 aliphatic carbocycles. The number of carbonyl (C=O) groups is 1. The highest BCUT2D eigenvalue weighted by Crippen LogP contribution is 2.30. The van der Waals surface area contributed by atoms with Gasteiger partial charge in [0.25, 0.3) is 11.0 Å². The van der Waals surface area contributed by atoms with Crippen molar-refractivity contribution < 1.29 is 24.2 Å². The van der Waals surface area contributed by atoms with E-state index in [9.17, 15) is 20.2 Å². The van der Waals surface area contributed by atoms with Crippen LogP contribution >= 0.6 is 0 Å². The molecule has 0 aliphatic heterocycles. The Kier molecular flexibility index (Phi) is 15.8. The van der Waals surface area contributed by atoms with Gasteiger partial charge in [0.15, 0.2) is 6.61 Å². The van der Waals surface area contributed by atoms with Gasteiger partial charge in [-0.15, -0.1) is 10.1 Å². The third kappa shape index (κ3) is 13.2. The number of amides is 1. The van der Waals surface area contributed by atoms with Gasteiger partial charge < -0.3 is 19.6 Å². The molecule has 0 saturated carbocycles. The lowest BCUT2D eigenvalue weighted by Gasteiger charge is -2.30. The first-order valence-corrected chi connectivity index (χ1v) is 14.8. The fourth-order valence-corrected chi connectivity index (χ4v) is 4.80. The Morgan fingerprint density at radius 2 is 1.86 bits per heavy atom. The summed E-state index contributed by atoms with van der Waals surface area (Å²) in [5.74, 6) is 1.01. The summed E-state index contributed by atoms with van der Waals surface area (Å²) in [5.41, 5.74) is 2.27. The molecule has 42 heavy (non-hydrogen) atoms. The monoisotopic (exact) mass is 582 g/mol. The van der Waals surface area contributed by atoms with Crippen LogP contribution in [0.1, 0.15) is 76.0 Å². The molecule has 0 heterocycles. The molecule has 0 radical (unpaired) electrons. The van der Waals surface area contributed by atoms with Gasteiger partial charge in [-0.25, -0.2) is 0 Å². The normalized spacial score (nSPS) is 13.0.